The van der Waals surface area contributed by atoms with E-state index in [-0.39, 0.29) is 0 Å². The van der Waals surface area contributed by atoms with Gasteiger partial charge in [-0.2, -0.15) is 0 Å². The van der Waals surface area contributed by atoms with Gasteiger partial charge in [0, 0.05) is 0 Å². The van der Waals surface area contributed by atoms with Crippen LogP contribution in [-0.2, 0) is 5.88 Å². The molecule has 0 aliphatic rings. The Bertz CT molecular complexity index is 808. The van der Waals surface area contributed by atoms with Crippen LogP contribution in [0.2, 0.25) is 0 Å². The Labute approximate surface area is 129 Å². The molecule has 0 aliphatic carbocycles. The minimum absolute atomic E-state index is 0.375. The van der Waals surface area contributed by atoms with Crippen molar-refractivity contribution in [3.63, 3.8) is 0 Å². The van der Waals surface area contributed by atoms with Crippen molar-refractivity contribution in [2.75, 3.05) is 7.11 Å². The lowest BCUT2D eigenvalue weighted by molar-refractivity contribution is 0.414. The first kappa shape index (κ1) is 14.0. The van der Waals surface area contributed by atoms with Gasteiger partial charge in [-0.3, -0.25) is 4.57 Å². The maximum Gasteiger partial charge on any atom is 0.129 e. The highest BCUT2D eigenvalue weighted by atomic mass is 35.5. The summed E-state index contributed by atoms with van der Waals surface area (Å²) in [6.07, 6.45) is 0. The SMILES string of the molecule is COc1ccc(-n2c(CCl)nc3cccc(C)c32)c(C)c1. The number of rotatable bonds is 3. The molecule has 0 bridgehead atoms. The summed E-state index contributed by atoms with van der Waals surface area (Å²) in [4.78, 5) is 4.65. The maximum atomic E-state index is 6.11. The standard InChI is InChI=1S/C17H17ClN2O/c1-11-5-4-6-14-17(11)20(16(10-18)19-14)15-8-7-13(21-3)9-12(15)2/h4-9H,10H2,1-3H3. The summed E-state index contributed by atoms with van der Waals surface area (Å²) >= 11 is 6.11. The number of para-hydroxylation sites is 1. The van der Waals surface area contributed by atoms with Gasteiger partial charge in [0.05, 0.1) is 29.7 Å². The number of imidazole rings is 1. The molecule has 1 heterocycles. The van der Waals surface area contributed by atoms with Gasteiger partial charge in [-0.1, -0.05) is 12.1 Å². The second-order valence-corrected chi connectivity index (χ2v) is 5.36. The molecule has 2 aromatic carbocycles. The van der Waals surface area contributed by atoms with Crippen molar-refractivity contribution >= 4 is 22.6 Å². The minimum Gasteiger partial charge on any atom is -0.497 e. The van der Waals surface area contributed by atoms with Crippen LogP contribution in [0.5, 0.6) is 5.75 Å². The fraction of sp³-hybridized carbons (Fsp3) is 0.235. The van der Waals surface area contributed by atoms with Crippen molar-refractivity contribution in [2.45, 2.75) is 19.7 Å². The number of halogens is 1. The Balaban J connectivity index is 2.33. The zero-order valence-electron chi connectivity index (χ0n) is 12.4. The highest BCUT2D eigenvalue weighted by Crippen LogP contribution is 2.28. The molecular formula is C17H17ClN2O. The fourth-order valence-corrected chi connectivity index (χ4v) is 2.88. The lowest BCUT2D eigenvalue weighted by Gasteiger charge is -2.13. The normalized spacial score (nSPS) is 11.0. The highest BCUT2D eigenvalue weighted by Gasteiger charge is 2.15. The van der Waals surface area contributed by atoms with Crippen LogP contribution in [0.25, 0.3) is 16.7 Å². The first-order valence-corrected chi connectivity index (χ1v) is 7.37. The number of aromatic nitrogens is 2. The smallest absolute Gasteiger partial charge is 0.129 e. The van der Waals surface area contributed by atoms with Crippen LogP contribution in [0.1, 0.15) is 17.0 Å². The third-order valence-electron chi connectivity index (χ3n) is 3.71. The number of methoxy groups -OCH3 is 1. The molecule has 108 valence electrons. The molecule has 0 fully saturated rings. The number of benzene rings is 2. The molecule has 0 saturated heterocycles. The summed E-state index contributed by atoms with van der Waals surface area (Å²) in [6, 6.07) is 12.2. The molecule has 0 atom stereocenters. The molecule has 0 amide bonds. The summed E-state index contributed by atoms with van der Waals surface area (Å²) < 4.78 is 7.43. The predicted octanol–water partition coefficient (Wildman–Crippen LogP) is 4.39. The van der Waals surface area contributed by atoms with Gasteiger partial charge in [0.25, 0.3) is 0 Å². The van der Waals surface area contributed by atoms with Gasteiger partial charge in [-0.05, 0) is 49.2 Å². The summed E-state index contributed by atoms with van der Waals surface area (Å²) in [7, 11) is 1.68. The summed E-state index contributed by atoms with van der Waals surface area (Å²) in [5.41, 5.74) is 5.49. The second kappa shape index (κ2) is 5.41. The Morgan fingerprint density at radius 2 is 1.95 bits per heavy atom. The van der Waals surface area contributed by atoms with Crippen LogP contribution in [0.4, 0.5) is 0 Å². The predicted molar refractivity (Wildman–Crippen MR) is 86.7 cm³/mol. The number of hydrogen-bond donors (Lipinski definition) is 0. The van der Waals surface area contributed by atoms with Crippen LogP contribution >= 0.6 is 11.6 Å². The largest absolute Gasteiger partial charge is 0.497 e. The molecule has 0 saturated carbocycles. The van der Waals surface area contributed by atoms with Crippen molar-refractivity contribution in [1.82, 2.24) is 9.55 Å². The maximum absolute atomic E-state index is 6.11. The highest BCUT2D eigenvalue weighted by molar-refractivity contribution is 6.17. The molecule has 1 aromatic heterocycles. The van der Waals surface area contributed by atoms with E-state index in [2.05, 4.69) is 35.5 Å². The van der Waals surface area contributed by atoms with Gasteiger partial charge in [0.15, 0.2) is 0 Å². The first-order chi connectivity index (χ1) is 10.2. The molecule has 3 rings (SSSR count). The van der Waals surface area contributed by atoms with Crippen LogP contribution in [0, 0.1) is 13.8 Å². The van der Waals surface area contributed by atoms with Crippen molar-refractivity contribution < 1.29 is 4.74 Å². The van der Waals surface area contributed by atoms with E-state index in [1.165, 1.54) is 5.56 Å². The fourth-order valence-electron chi connectivity index (χ4n) is 2.70. The van der Waals surface area contributed by atoms with Crippen LogP contribution < -0.4 is 4.74 Å². The molecule has 0 spiro atoms. The summed E-state index contributed by atoms with van der Waals surface area (Å²) in [5.74, 6) is 2.08. The monoisotopic (exact) mass is 300 g/mol. The minimum atomic E-state index is 0.375. The van der Waals surface area contributed by atoms with Crippen LogP contribution in [-0.4, -0.2) is 16.7 Å². The molecule has 3 aromatic rings. The molecular weight excluding hydrogens is 284 g/mol. The van der Waals surface area contributed by atoms with E-state index in [0.29, 0.717) is 5.88 Å². The average molecular weight is 301 g/mol. The topological polar surface area (TPSA) is 27.1 Å². The number of fused-ring (bicyclic) bond motifs is 1. The second-order valence-electron chi connectivity index (χ2n) is 5.09. The zero-order valence-corrected chi connectivity index (χ0v) is 13.1. The van der Waals surface area contributed by atoms with E-state index in [1.54, 1.807) is 7.11 Å². The lowest BCUT2D eigenvalue weighted by Crippen LogP contribution is -2.02. The quantitative estimate of drug-likeness (QED) is 0.671. The Kier molecular flexibility index (Phi) is 3.60. The van der Waals surface area contributed by atoms with E-state index in [1.807, 2.05) is 24.3 Å². The van der Waals surface area contributed by atoms with Crippen LogP contribution in [0.15, 0.2) is 36.4 Å². The van der Waals surface area contributed by atoms with Gasteiger partial charge in [0.1, 0.15) is 11.6 Å². The Morgan fingerprint density at radius 3 is 2.62 bits per heavy atom. The number of nitrogens with zero attached hydrogens (tertiary/aromatic N) is 2. The van der Waals surface area contributed by atoms with E-state index >= 15 is 0 Å². The van der Waals surface area contributed by atoms with Gasteiger partial charge in [0.2, 0.25) is 0 Å². The third kappa shape index (κ3) is 2.28. The van der Waals surface area contributed by atoms with Crippen molar-refractivity contribution in [3.8, 4) is 11.4 Å². The van der Waals surface area contributed by atoms with Crippen molar-refractivity contribution in [3.05, 3.63) is 53.3 Å². The van der Waals surface area contributed by atoms with Crippen molar-refractivity contribution in [2.24, 2.45) is 0 Å². The summed E-state index contributed by atoms with van der Waals surface area (Å²) in [5, 5.41) is 0. The third-order valence-corrected chi connectivity index (χ3v) is 3.95. The van der Waals surface area contributed by atoms with Crippen LogP contribution in [0.3, 0.4) is 0 Å². The zero-order chi connectivity index (χ0) is 15.0. The molecule has 0 unspecified atom stereocenters. The molecule has 0 aliphatic heterocycles. The molecule has 4 heteroatoms. The number of alkyl halides is 1. The molecule has 0 N–H and O–H groups in total. The van der Waals surface area contributed by atoms with Gasteiger partial charge >= 0.3 is 0 Å². The van der Waals surface area contributed by atoms with E-state index < -0.39 is 0 Å². The number of aryl methyl sites for hydroxylation is 2. The lowest BCUT2D eigenvalue weighted by atomic mass is 10.1. The van der Waals surface area contributed by atoms with Gasteiger partial charge < -0.3 is 4.74 Å². The van der Waals surface area contributed by atoms with Crippen molar-refractivity contribution in [1.29, 1.82) is 0 Å². The molecule has 3 nitrogen and oxygen atoms in total. The number of ether oxygens (including phenoxy) is 1. The molecule has 21 heavy (non-hydrogen) atoms. The van der Waals surface area contributed by atoms with Gasteiger partial charge in [-0.25, -0.2) is 4.98 Å². The van der Waals surface area contributed by atoms with E-state index in [0.717, 1.165) is 33.9 Å². The van der Waals surface area contributed by atoms with E-state index in [9.17, 15) is 0 Å². The van der Waals surface area contributed by atoms with Gasteiger partial charge in [-0.15, -0.1) is 11.6 Å². The Hall–Kier alpha value is -2.00. The average Bonchev–Trinajstić information content (AvgIpc) is 2.87. The number of hydrogen-bond acceptors (Lipinski definition) is 2. The molecule has 0 radical (unpaired) electrons. The van der Waals surface area contributed by atoms with E-state index in [4.69, 9.17) is 16.3 Å². The summed E-state index contributed by atoms with van der Waals surface area (Å²) in [6.45, 7) is 4.16. The Morgan fingerprint density at radius 1 is 1.14 bits per heavy atom. The first-order valence-electron chi connectivity index (χ1n) is 6.83.